The Hall–Kier alpha value is -0.653. The summed E-state index contributed by atoms with van der Waals surface area (Å²) in [6, 6.07) is 6.83. The number of phenolic OH excluding ortho intramolecular Hbond substituents is 1. The molecule has 3 aliphatic rings. The molecule has 0 unspecified atom stereocenters. The summed E-state index contributed by atoms with van der Waals surface area (Å²) in [5.41, 5.74) is 2.39. The van der Waals surface area contributed by atoms with E-state index < -0.39 is 16.1 Å². The molecule has 3 saturated carbocycles. The summed E-state index contributed by atoms with van der Waals surface area (Å²) in [5, 5.41) is 12.3. The van der Waals surface area contributed by atoms with Crippen LogP contribution < -0.4 is 10.0 Å². The molecule has 0 aliphatic heterocycles. The highest BCUT2D eigenvalue weighted by Gasteiger charge is 2.60. The fraction of sp³-hybridized carbons (Fsp3) is 0.800. The van der Waals surface area contributed by atoms with Gasteiger partial charge in [-0.3, -0.25) is 0 Å². The van der Waals surface area contributed by atoms with Gasteiger partial charge in [0.05, 0.1) is 30.8 Å². The molecule has 1 aromatic rings. The average Bonchev–Trinajstić information content (AvgIpc) is 2.97. The van der Waals surface area contributed by atoms with E-state index in [1.807, 2.05) is 6.07 Å². The second-order valence-corrected chi connectivity index (χ2v) is 19.0. The Morgan fingerprint density at radius 2 is 1.19 bits per heavy atom. The molecule has 1 aromatic carbocycles. The topological polar surface area (TPSA) is 57.2 Å². The first-order valence-corrected chi connectivity index (χ1v) is 19.0. The Balaban J connectivity index is 1.70. The standard InChI is InChI=1S/C30H51O5PSi/c1-32-37(33-2,34-3)23-13-22-35-29-21-20-25(31)24-30(29)36(26-14-7-4-8-15-26,27-16-9-5-10-17-27)28-18-11-6-12-19-28/h20-21,24,26-28H,4-19,22-23H2,1-3H3/p+1. The molecule has 0 bridgehead atoms. The maximum Gasteiger partial charge on any atom is 0.500 e. The average molecular weight is 552 g/mol. The zero-order chi connectivity index (χ0) is 26.1. The van der Waals surface area contributed by atoms with E-state index >= 15 is 0 Å². The van der Waals surface area contributed by atoms with E-state index in [9.17, 15) is 5.11 Å². The molecule has 4 rings (SSSR count). The van der Waals surface area contributed by atoms with Crippen LogP contribution in [0.1, 0.15) is 103 Å². The first-order valence-electron chi connectivity index (χ1n) is 15.1. The van der Waals surface area contributed by atoms with Crippen LogP contribution in [0.25, 0.3) is 0 Å². The minimum atomic E-state index is -2.61. The lowest BCUT2D eigenvalue weighted by molar-refractivity contribution is 0.121. The van der Waals surface area contributed by atoms with Gasteiger partial charge in [-0.05, 0) is 95.6 Å². The second-order valence-electron chi connectivity index (χ2n) is 11.6. The monoisotopic (exact) mass is 551 g/mol. The quantitative estimate of drug-likeness (QED) is 0.164. The van der Waals surface area contributed by atoms with Crippen LogP contribution in [0.15, 0.2) is 18.2 Å². The largest absolute Gasteiger partial charge is 0.508 e. The van der Waals surface area contributed by atoms with Crippen molar-refractivity contribution in [3.05, 3.63) is 18.2 Å². The first kappa shape index (κ1) is 29.3. The van der Waals surface area contributed by atoms with Gasteiger partial charge < -0.3 is 23.1 Å². The van der Waals surface area contributed by atoms with Crippen LogP contribution in [0.3, 0.4) is 0 Å². The molecular formula is C30H52O5PSi+. The van der Waals surface area contributed by atoms with Gasteiger partial charge >= 0.3 is 8.80 Å². The minimum absolute atomic E-state index is 0.415. The van der Waals surface area contributed by atoms with Gasteiger partial charge in [0, 0.05) is 33.4 Å². The smallest absolute Gasteiger partial charge is 0.500 e. The molecule has 0 spiro atoms. The van der Waals surface area contributed by atoms with E-state index in [0.717, 1.165) is 35.2 Å². The fourth-order valence-electron chi connectivity index (χ4n) is 7.97. The third kappa shape index (κ3) is 6.57. The molecule has 0 amide bonds. The highest BCUT2D eigenvalue weighted by atomic mass is 31.2. The Labute approximate surface area is 227 Å². The van der Waals surface area contributed by atoms with E-state index in [2.05, 4.69) is 12.1 Å². The predicted octanol–water partition coefficient (Wildman–Crippen LogP) is 7.68. The van der Waals surface area contributed by atoms with E-state index in [1.165, 1.54) is 102 Å². The second kappa shape index (κ2) is 14.1. The number of aromatic hydroxyl groups is 1. The van der Waals surface area contributed by atoms with Gasteiger partial charge in [0.15, 0.2) is 5.75 Å². The van der Waals surface area contributed by atoms with Crippen molar-refractivity contribution in [3.8, 4) is 11.5 Å². The van der Waals surface area contributed by atoms with Crippen molar-refractivity contribution in [3.63, 3.8) is 0 Å². The Bertz CT molecular complexity index is 760. The van der Waals surface area contributed by atoms with Crippen molar-refractivity contribution in [2.45, 2.75) is 126 Å². The van der Waals surface area contributed by atoms with Crippen molar-refractivity contribution < 1.29 is 23.1 Å². The Morgan fingerprint density at radius 1 is 0.730 bits per heavy atom. The molecule has 3 fully saturated rings. The molecule has 0 aromatic heterocycles. The zero-order valence-electron chi connectivity index (χ0n) is 23.7. The lowest BCUT2D eigenvalue weighted by Crippen LogP contribution is -2.43. The van der Waals surface area contributed by atoms with Crippen LogP contribution in [0.5, 0.6) is 11.5 Å². The van der Waals surface area contributed by atoms with Gasteiger partial charge in [0.2, 0.25) is 0 Å². The summed E-state index contributed by atoms with van der Waals surface area (Å²) in [4.78, 5) is 0. The van der Waals surface area contributed by atoms with Gasteiger partial charge in [-0.15, -0.1) is 0 Å². The summed E-state index contributed by atoms with van der Waals surface area (Å²) in [5.74, 6) is 1.46. The summed E-state index contributed by atoms with van der Waals surface area (Å²) in [6.07, 6.45) is 21.5. The van der Waals surface area contributed by atoms with Gasteiger partial charge in [-0.1, -0.05) is 19.3 Å². The molecule has 0 radical (unpaired) electrons. The number of phenols is 1. The molecular weight excluding hydrogens is 499 g/mol. The maximum atomic E-state index is 10.9. The van der Waals surface area contributed by atoms with Gasteiger partial charge in [0.1, 0.15) is 11.1 Å². The Morgan fingerprint density at radius 3 is 1.62 bits per heavy atom. The molecule has 0 heterocycles. The first-order chi connectivity index (χ1) is 18.1. The molecule has 37 heavy (non-hydrogen) atoms. The maximum absolute atomic E-state index is 10.9. The summed E-state index contributed by atoms with van der Waals surface area (Å²) >= 11 is 0. The number of rotatable bonds is 12. The van der Waals surface area contributed by atoms with Crippen molar-refractivity contribution in [1.29, 1.82) is 0 Å². The molecule has 7 heteroatoms. The number of hydrogen-bond acceptors (Lipinski definition) is 5. The summed E-state index contributed by atoms with van der Waals surface area (Å²) in [6.45, 7) is 0.614. The van der Waals surface area contributed by atoms with E-state index in [-0.39, 0.29) is 0 Å². The van der Waals surface area contributed by atoms with Crippen LogP contribution in [-0.2, 0) is 13.3 Å². The van der Waals surface area contributed by atoms with Gasteiger partial charge in [0.25, 0.3) is 0 Å². The van der Waals surface area contributed by atoms with Crippen molar-refractivity contribution in [1.82, 2.24) is 0 Å². The van der Waals surface area contributed by atoms with Gasteiger partial charge in [-0.25, -0.2) is 0 Å². The fourth-order valence-corrected chi connectivity index (χ4v) is 17.2. The van der Waals surface area contributed by atoms with E-state index in [4.69, 9.17) is 18.0 Å². The molecule has 210 valence electrons. The lowest BCUT2D eigenvalue weighted by Gasteiger charge is -2.49. The molecule has 0 saturated heterocycles. The summed E-state index contributed by atoms with van der Waals surface area (Å²) < 4.78 is 23.6. The van der Waals surface area contributed by atoms with Crippen molar-refractivity contribution >= 4 is 21.4 Å². The number of benzene rings is 1. The number of hydrogen-bond donors (Lipinski definition) is 1. The molecule has 1 N–H and O–H groups in total. The third-order valence-corrected chi connectivity index (χ3v) is 18.9. The van der Waals surface area contributed by atoms with Crippen molar-refractivity contribution in [2.75, 3.05) is 27.9 Å². The SMILES string of the molecule is CO[Si](CCCOc1ccc(O)cc1[P+](C1CCCCC1)(C1CCCCC1)C1CCCCC1)(OC)OC. The predicted molar refractivity (Wildman–Crippen MR) is 157 cm³/mol. The van der Waals surface area contributed by atoms with Crippen LogP contribution in [0.4, 0.5) is 0 Å². The molecule has 0 atom stereocenters. The van der Waals surface area contributed by atoms with Crippen LogP contribution in [0, 0.1) is 0 Å². The molecule has 3 aliphatic carbocycles. The highest BCUT2D eigenvalue weighted by Crippen LogP contribution is 2.77. The summed E-state index contributed by atoms with van der Waals surface area (Å²) in [7, 11) is 0.832. The van der Waals surface area contributed by atoms with E-state index in [0.29, 0.717) is 12.4 Å². The Kier molecular flexibility index (Phi) is 11.2. The van der Waals surface area contributed by atoms with Gasteiger partial charge in [-0.2, -0.15) is 0 Å². The third-order valence-electron chi connectivity index (χ3n) is 9.71. The van der Waals surface area contributed by atoms with Crippen LogP contribution in [0.2, 0.25) is 6.04 Å². The lowest BCUT2D eigenvalue weighted by atomic mass is 9.99. The minimum Gasteiger partial charge on any atom is -0.508 e. The van der Waals surface area contributed by atoms with E-state index in [1.54, 1.807) is 21.3 Å². The zero-order valence-corrected chi connectivity index (χ0v) is 25.6. The number of ether oxygens (including phenoxy) is 1. The van der Waals surface area contributed by atoms with Crippen LogP contribution >= 0.6 is 7.26 Å². The normalized spacial score (nSPS) is 21.3. The molecule has 5 nitrogen and oxygen atoms in total. The van der Waals surface area contributed by atoms with Crippen molar-refractivity contribution in [2.24, 2.45) is 0 Å². The van der Waals surface area contributed by atoms with Crippen LogP contribution in [-0.4, -0.2) is 58.8 Å². The highest BCUT2D eigenvalue weighted by molar-refractivity contribution is 7.85.